The summed E-state index contributed by atoms with van der Waals surface area (Å²) in [6, 6.07) is 9.00. The average molecular weight is 360 g/mol. The molecule has 0 unspecified atom stereocenters. The number of hydrogen-bond acceptors (Lipinski definition) is 4. The lowest BCUT2D eigenvalue weighted by molar-refractivity contribution is 0.415. The van der Waals surface area contributed by atoms with Crippen molar-refractivity contribution in [1.82, 2.24) is 4.98 Å². The maximum Gasteiger partial charge on any atom is 0.188 e. The minimum atomic E-state index is 0.418. The number of rotatable bonds is 3. The normalized spacial score (nSPS) is 10.9. The summed E-state index contributed by atoms with van der Waals surface area (Å²) >= 11 is 19.6. The van der Waals surface area contributed by atoms with E-state index in [-0.39, 0.29) is 0 Å². The number of ether oxygens (including phenoxy) is 1. The van der Waals surface area contributed by atoms with Crippen LogP contribution in [0.15, 0.2) is 30.3 Å². The summed E-state index contributed by atoms with van der Waals surface area (Å²) in [7, 11) is 1.64. The molecule has 0 saturated heterocycles. The van der Waals surface area contributed by atoms with Crippen molar-refractivity contribution < 1.29 is 4.74 Å². The summed E-state index contributed by atoms with van der Waals surface area (Å²) in [5.41, 5.74) is 1.55. The van der Waals surface area contributed by atoms with Crippen LogP contribution in [-0.2, 0) is 0 Å². The predicted octanol–water partition coefficient (Wildman–Crippen LogP) is 6.01. The zero-order valence-electron chi connectivity index (χ0n) is 10.8. The number of hydrogen-bond donors (Lipinski definition) is 1. The van der Waals surface area contributed by atoms with Gasteiger partial charge in [0, 0.05) is 0 Å². The molecule has 108 valence electrons. The zero-order chi connectivity index (χ0) is 15.0. The lowest BCUT2D eigenvalue weighted by Crippen LogP contribution is -1.90. The topological polar surface area (TPSA) is 34.1 Å². The number of fused-ring (bicyclic) bond motifs is 1. The monoisotopic (exact) mass is 358 g/mol. The molecule has 21 heavy (non-hydrogen) atoms. The van der Waals surface area contributed by atoms with Gasteiger partial charge >= 0.3 is 0 Å². The van der Waals surface area contributed by atoms with Crippen LogP contribution in [0.5, 0.6) is 5.75 Å². The highest BCUT2D eigenvalue weighted by Crippen LogP contribution is 2.36. The van der Waals surface area contributed by atoms with Gasteiger partial charge in [-0.1, -0.05) is 46.1 Å². The molecule has 0 radical (unpaired) electrons. The Bertz CT molecular complexity index is 819. The van der Waals surface area contributed by atoms with Crippen molar-refractivity contribution >= 4 is 67.2 Å². The molecule has 3 aromatic rings. The predicted molar refractivity (Wildman–Crippen MR) is 90.9 cm³/mol. The average Bonchev–Trinajstić information content (AvgIpc) is 2.85. The number of aromatic nitrogens is 1. The molecule has 0 bridgehead atoms. The summed E-state index contributed by atoms with van der Waals surface area (Å²) in [6.07, 6.45) is 0. The molecule has 0 saturated carbocycles. The third-order valence-corrected chi connectivity index (χ3v) is 4.82. The van der Waals surface area contributed by atoms with E-state index in [0.29, 0.717) is 20.8 Å². The van der Waals surface area contributed by atoms with Gasteiger partial charge in [-0.15, -0.1) is 0 Å². The van der Waals surface area contributed by atoms with Crippen LogP contribution in [0.3, 0.4) is 0 Å². The Labute approximate surface area is 140 Å². The molecule has 0 aliphatic rings. The molecular weight excluding hydrogens is 351 g/mol. The molecule has 3 nitrogen and oxygen atoms in total. The number of halogens is 3. The highest BCUT2D eigenvalue weighted by Gasteiger charge is 2.10. The van der Waals surface area contributed by atoms with Crippen LogP contribution < -0.4 is 10.1 Å². The Morgan fingerprint density at radius 2 is 1.81 bits per heavy atom. The third-order valence-electron chi connectivity index (χ3n) is 2.85. The van der Waals surface area contributed by atoms with Crippen molar-refractivity contribution in [1.29, 1.82) is 0 Å². The summed E-state index contributed by atoms with van der Waals surface area (Å²) in [4.78, 5) is 4.49. The molecule has 0 atom stereocenters. The summed E-state index contributed by atoms with van der Waals surface area (Å²) < 4.78 is 6.22. The first-order valence-corrected chi connectivity index (χ1v) is 7.88. The second-order valence-electron chi connectivity index (χ2n) is 4.22. The molecule has 0 amide bonds. The minimum Gasteiger partial charge on any atom is -0.497 e. The smallest absolute Gasteiger partial charge is 0.188 e. The highest BCUT2D eigenvalue weighted by atomic mass is 35.5. The van der Waals surface area contributed by atoms with Crippen molar-refractivity contribution in [3.8, 4) is 5.75 Å². The van der Waals surface area contributed by atoms with Crippen LogP contribution in [0.2, 0.25) is 15.1 Å². The van der Waals surface area contributed by atoms with Crippen LogP contribution in [0.25, 0.3) is 10.2 Å². The fraction of sp³-hybridized carbons (Fsp3) is 0.0714. The van der Waals surface area contributed by atoms with Crippen molar-refractivity contribution in [3.05, 3.63) is 45.4 Å². The lowest BCUT2D eigenvalue weighted by Gasteiger charge is -2.06. The number of benzene rings is 2. The van der Waals surface area contributed by atoms with Crippen molar-refractivity contribution in [3.63, 3.8) is 0 Å². The summed E-state index contributed by atoms with van der Waals surface area (Å²) in [5.74, 6) is 0.797. The fourth-order valence-electron chi connectivity index (χ4n) is 1.82. The van der Waals surface area contributed by atoms with Gasteiger partial charge in [-0.05, 0) is 30.3 Å². The molecule has 7 heteroatoms. The molecule has 1 aromatic heterocycles. The highest BCUT2D eigenvalue weighted by molar-refractivity contribution is 7.22. The Morgan fingerprint density at radius 1 is 1.05 bits per heavy atom. The largest absolute Gasteiger partial charge is 0.497 e. The Balaban J connectivity index is 1.96. The van der Waals surface area contributed by atoms with E-state index in [1.165, 1.54) is 11.3 Å². The van der Waals surface area contributed by atoms with E-state index in [4.69, 9.17) is 39.5 Å². The lowest BCUT2D eigenvalue weighted by atomic mass is 10.3. The van der Waals surface area contributed by atoms with Crippen molar-refractivity contribution in [2.24, 2.45) is 0 Å². The van der Waals surface area contributed by atoms with Gasteiger partial charge in [0.2, 0.25) is 0 Å². The van der Waals surface area contributed by atoms with Crippen LogP contribution in [0, 0.1) is 0 Å². The minimum absolute atomic E-state index is 0.418. The van der Waals surface area contributed by atoms with E-state index in [2.05, 4.69) is 10.3 Å². The van der Waals surface area contributed by atoms with Gasteiger partial charge in [-0.25, -0.2) is 4.98 Å². The molecule has 0 fully saturated rings. The SMILES string of the molecule is COc1ccc2nc(Nc3cc(Cl)c(Cl)cc3Cl)sc2c1. The second kappa shape index (κ2) is 5.89. The van der Waals surface area contributed by atoms with Gasteiger partial charge in [-0.2, -0.15) is 0 Å². The Hall–Kier alpha value is -1.20. The van der Waals surface area contributed by atoms with Crippen LogP contribution in [0.1, 0.15) is 0 Å². The first kappa shape index (κ1) is 14.7. The molecule has 0 aliphatic carbocycles. The third kappa shape index (κ3) is 3.04. The summed E-state index contributed by atoms with van der Waals surface area (Å²) in [5, 5.41) is 5.22. The standard InChI is InChI=1S/C14H9Cl3N2OS/c1-20-7-2-3-11-13(4-7)21-14(18-11)19-12-6-9(16)8(15)5-10(12)17/h2-6H,1H3,(H,18,19). The van der Waals surface area contributed by atoms with Gasteiger partial charge in [-0.3, -0.25) is 0 Å². The first-order valence-electron chi connectivity index (χ1n) is 5.93. The number of methoxy groups -OCH3 is 1. The van der Waals surface area contributed by atoms with E-state index in [1.54, 1.807) is 19.2 Å². The maximum atomic E-state index is 6.15. The van der Waals surface area contributed by atoms with Crippen LogP contribution in [0.4, 0.5) is 10.8 Å². The quantitative estimate of drug-likeness (QED) is 0.582. The molecule has 3 rings (SSSR count). The second-order valence-corrected chi connectivity index (χ2v) is 6.48. The number of nitrogens with one attached hydrogen (secondary N) is 1. The Morgan fingerprint density at radius 3 is 2.57 bits per heavy atom. The molecule has 0 aliphatic heterocycles. The number of thiazole rings is 1. The van der Waals surface area contributed by atoms with Crippen LogP contribution in [-0.4, -0.2) is 12.1 Å². The fourth-order valence-corrected chi connectivity index (χ4v) is 3.32. The van der Waals surface area contributed by atoms with Gasteiger partial charge in [0.15, 0.2) is 5.13 Å². The van der Waals surface area contributed by atoms with Crippen molar-refractivity contribution in [2.45, 2.75) is 0 Å². The number of anilines is 2. The van der Waals surface area contributed by atoms with E-state index >= 15 is 0 Å². The maximum absolute atomic E-state index is 6.15. The van der Waals surface area contributed by atoms with Gasteiger partial charge < -0.3 is 10.1 Å². The Kier molecular flexibility index (Phi) is 4.13. The molecule has 2 aromatic carbocycles. The molecule has 1 N–H and O–H groups in total. The zero-order valence-corrected chi connectivity index (χ0v) is 13.9. The first-order chi connectivity index (χ1) is 10.1. The van der Waals surface area contributed by atoms with Gasteiger partial charge in [0.05, 0.1) is 38.1 Å². The van der Waals surface area contributed by atoms with E-state index in [9.17, 15) is 0 Å². The van der Waals surface area contributed by atoms with Gasteiger partial charge in [0.1, 0.15) is 5.75 Å². The van der Waals surface area contributed by atoms with Gasteiger partial charge in [0.25, 0.3) is 0 Å². The molecular formula is C14H9Cl3N2OS. The van der Waals surface area contributed by atoms with E-state index in [1.807, 2.05) is 18.2 Å². The van der Waals surface area contributed by atoms with Crippen molar-refractivity contribution in [2.75, 3.05) is 12.4 Å². The number of nitrogens with zero attached hydrogens (tertiary/aromatic N) is 1. The molecule has 0 spiro atoms. The summed E-state index contributed by atoms with van der Waals surface area (Å²) in [6.45, 7) is 0. The van der Waals surface area contributed by atoms with Crippen LogP contribution >= 0.6 is 46.1 Å². The molecule has 1 heterocycles. The van der Waals surface area contributed by atoms with E-state index in [0.717, 1.165) is 21.1 Å². The van der Waals surface area contributed by atoms with E-state index < -0.39 is 0 Å².